The van der Waals surface area contributed by atoms with Gasteiger partial charge in [-0.3, -0.25) is 9.89 Å². The van der Waals surface area contributed by atoms with E-state index in [0.717, 1.165) is 17.8 Å². The Hall–Kier alpha value is -2.18. The molecule has 0 spiro atoms. The molecule has 6 nitrogen and oxygen atoms in total. The first-order chi connectivity index (χ1) is 11.7. The number of carbonyl (C=O) groups is 1. The number of hydrogen-bond donors (Lipinski definition) is 1. The van der Waals surface area contributed by atoms with Gasteiger partial charge in [0.15, 0.2) is 0 Å². The molecule has 2 atom stereocenters. The van der Waals surface area contributed by atoms with Crippen molar-refractivity contribution >= 4 is 5.91 Å². The Morgan fingerprint density at radius 3 is 2.96 bits per heavy atom. The molecular formula is C18H21N3O3. The van der Waals surface area contributed by atoms with Gasteiger partial charge in [0.05, 0.1) is 25.5 Å². The zero-order valence-corrected chi connectivity index (χ0v) is 13.7. The van der Waals surface area contributed by atoms with Crippen LogP contribution in [0.1, 0.15) is 10.4 Å². The molecule has 1 N–H and O–H groups in total. The molecule has 24 heavy (non-hydrogen) atoms. The number of ether oxygens (including phenoxy) is 2. The van der Waals surface area contributed by atoms with Gasteiger partial charge < -0.3 is 14.4 Å². The molecule has 0 radical (unpaired) electrons. The molecule has 6 heteroatoms. The molecule has 0 aliphatic carbocycles. The Balaban J connectivity index is 1.50. The van der Waals surface area contributed by atoms with Gasteiger partial charge in [-0.05, 0) is 23.8 Å². The average Bonchev–Trinajstić information content (AvgIpc) is 3.30. The van der Waals surface area contributed by atoms with E-state index < -0.39 is 0 Å². The summed E-state index contributed by atoms with van der Waals surface area (Å²) in [5, 5.41) is 6.88. The molecule has 1 aromatic heterocycles. The number of methoxy groups -OCH3 is 1. The van der Waals surface area contributed by atoms with Gasteiger partial charge in [0.25, 0.3) is 5.91 Å². The smallest absolute Gasteiger partial charge is 0.253 e. The van der Waals surface area contributed by atoms with Gasteiger partial charge in [0.1, 0.15) is 0 Å². The number of aromatic nitrogens is 2. The minimum Gasteiger partial charge on any atom is -0.384 e. The van der Waals surface area contributed by atoms with E-state index in [-0.39, 0.29) is 11.3 Å². The molecule has 3 heterocycles. The van der Waals surface area contributed by atoms with E-state index >= 15 is 0 Å². The Labute approximate surface area is 140 Å². The van der Waals surface area contributed by atoms with Crippen LogP contribution in [0.3, 0.4) is 0 Å². The maximum Gasteiger partial charge on any atom is 0.253 e. The summed E-state index contributed by atoms with van der Waals surface area (Å²) >= 11 is 0. The molecule has 2 saturated heterocycles. The lowest BCUT2D eigenvalue weighted by Gasteiger charge is -2.26. The van der Waals surface area contributed by atoms with Crippen molar-refractivity contribution in [3.8, 4) is 11.3 Å². The molecule has 4 rings (SSSR count). The quantitative estimate of drug-likeness (QED) is 0.930. The fourth-order valence-corrected chi connectivity index (χ4v) is 3.87. The number of fused-ring (bicyclic) bond motifs is 1. The Bertz CT molecular complexity index is 714. The normalized spacial score (nSPS) is 25.9. The highest BCUT2D eigenvalue weighted by Gasteiger charge is 2.51. The molecule has 1 amide bonds. The first-order valence-electron chi connectivity index (χ1n) is 8.18. The van der Waals surface area contributed by atoms with Crippen molar-refractivity contribution in [2.75, 3.05) is 40.0 Å². The number of aromatic amines is 1. The molecule has 1 aromatic carbocycles. The van der Waals surface area contributed by atoms with Gasteiger partial charge in [0, 0.05) is 43.3 Å². The molecule has 126 valence electrons. The Kier molecular flexibility index (Phi) is 3.86. The second-order valence-corrected chi connectivity index (χ2v) is 6.74. The number of carbonyl (C=O) groups excluding carboxylic acids is 1. The van der Waals surface area contributed by atoms with Gasteiger partial charge in [-0.25, -0.2) is 0 Å². The fourth-order valence-electron chi connectivity index (χ4n) is 3.87. The monoisotopic (exact) mass is 327 g/mol. The van der Waals surface area contributed by atoms with E-state index in [2.05, 4.69) is 10.2 Å². The van der Waals surface area contributed by atoms with Crippen molar-refractivity contribution in [2.45, 2.75) is 0 Å². The van der Waals surface area contributed by atoms with Gasteiger partial charge in [-0.2, -0.15) is 5.10 Å². The Morgan fingerprint density at radius 2 is 2.25 bits per heavy atom. The lowest BCUT2D eigenvalue weighted by Crippen LogP contribution is -2.37. The number of amides is 1. The highest BCUT2D eigenvalue weighted by atomic mass is 16.5. The number of H-pyrrole nitrogens is 1. The number of rotatable bonds is 4. The van der Waals surface area contributed by atoms with E-state index in [1.807, 2.05) is 35.2 Å². The summed E-state index contributed by atoms with van der Waals surface area (Å²) in [6, 6.07) is 9.57. The van der Waals surface area contributed by atoms with Crippen LogP contribution in [-0.2, 0) is 9.47 Å². The summed E-state index contributed by atoms with van der Waals surface area (Å²) < 4.78 is 11.0. The summed E-state index contributed by atoms with van der Waals surface area (Å²) in [7, 11) is 1.71. The molecule has 2 aromatic rings. The number of likely N-dealkylation sites (tertiary alicyclic amines) is 1. The summed E-state index contributed by atoms with van der Waals surface area (Å²) in [6.07, 6.45) is 1.72. The lowest BCUT2D eigenvalue weighted by molar-refractivity contribution is 0.0489. The van der Waals surface area contributed by atoms with E-state index in [1.165, 1.54) is 0 Å². The van der Waals surface area contributed by atoms with Crippen molar-refractivity contribution in [3.63, 3.8) is 0 Å². The number of nitrogens with one attached hydrogen (secondary N) is 1. The number of hydrogen-bond acceptors (Lipinski definition) is 4. The highest BCUT2D eigenvalue weighted by molar-refractivity contribution is 5.95. The number of nitrogens with zero attached hydrogens (tertiary/aromatic N) is 2. The zero-order valence-electron chi connectivity index (χ0n) is 13.7. The third-order valence-corrected chi connectivity index (χ3v) is 5.18. The molecule has 0 saturated carbocycles. The van der Waals surface area contributed by atoms with Crippen molar-refractivity contribution in [2.24, 2.45) is 11.3 Å². The van der Waals surface area contributed by atoms with Crippen LogP contribution in [0.2, 0.25) is 0 Å². The van der Waals surface area contributed by atoms with Gasteiger partial charge >= 0.3 is 0 Å². The van der Waals surface area contributed by atoms with Crippen molar-refractivity contribution in [1.29, 1.82) is 0 Å². The Morgan fingerprint density at radius 1 is 1.42 bits per heavy atom. The van der Waals surface area contributed by atoms with Crippen molar-refractivity contribution in [1.82, 2.24) is 15.1 Å². The molecule has 2 aliphatic rings. The van der Waals surface area contributed by atoms with E-state index in [4.69, 9.17) is 9.47 Å². The number of benzene rings is 1. The van der Waals surface area contributed by atoms with Crippen molar-refractivity contribution in [3.05, 3.63) is 42.1 Å². The van der Waals surface area contributed by atoms with Crippen molar-refractivity contribution < 1.29 is 14.3 Å². The molecule has 2 fully saturated rings. The minimum absolute atomic E-state index is 0.0414. The van der Waals surface area contributed by atoms with Crippen LogP contribution in [0.25, 0.3) is 11.3 Å². The predicted octanol–water partition coefficient (Wildman–Crippen LogP) is 1.81. The minimum atomic E-state index is -0.0414. The largest absolute Gasteiger partial charge is 0.384 e. The standard InChI is InChI=1S/C18H21N3O3/c1-23-11-18-10-21(8-15(18)9-24-12-18)17(22)14-4-2-13(3-5-14)16-6-7-19-20-16/h2-7,15H,8-12H2,1H3,(H,19,20)/t15-,18-/m0/s1. The molecule has 0 unspecified atom stereocenters. The highest BCUT2D eigenvalue weighted by Crippen LogP contribution is 2.41. The van der Waals surface area contributed by atoms with Crippen LogP contribution < -0.4 is 0 Å². The van der Waals surface area contributed by atoms with Crippen LogP contribution in [-0.4, -0.2) is 61.0 Å². The van der Waals surface area contributed by atoms with Crippen LogP contribution in [0.5, 0.6) is 0 Å². The fraction of sp³-hybridized carbons (Fsp3) is 0.444. The van der Waals surface area contributed by atoms with Gasteiger partial charge in [-0.15, -0.1) is 0 Å². The second kappa shape index (κ2) is 6.03. The topological polar surface area (TPSA) is 67.5 Å². The van der Waals surface area contributed by atoms with Gasteiger partial charge in [0.2, 0.25) is 0 Å². The van der Waals surface area contributed by atoms with E-state index in [1.54, 1.807) is 13.3 Å². The summed E-state index contributed by atoms with van der Waals surface area (Å²) in [4.78, 5) is 14.8. The van der Waals surface area contributed by atoms with E-state index in [9.17, 15) is 4.79 Å². The molecule has 2 aliphatic heterocycles. The third kappa shape index (κ3) is 2.52. The van der Waals surface area contributed by atoms with Crippen LogP contribution in [0, 0.1) is 11.3 Å². The van der Waals surface area contributed by atoms with Gasteiger partial charge in [-0.1, -0.05) is 12.1 Å². The van der Waals surface area contributed by atoms with Crippen LogP contribution in [0.4, 0.5) is 0 Å². The summed E-state index contributed by atoms with van der Waals surface area (Å²) in [6.45, 7) is 3.47. The third-order valence-electron chi connectivity index (χ3n) is 5.18. The summed E-state index contributed by atoms with van der Waals surface area (Å²) in [5.74, 6) is 0.446. The zero-order chi connectivity index (χ0) is 16.6. The summed E-state index contributed by atoms with van der Waals surface area (Å²) in [5.41, 5.74) is 2.64. The molecule has 0 bridgehead atoms. The first-order valence-corrected chi connectivity index (χ1v) is 8.18. The average molecular weight is 327 g/mol. The van der Waals surface area contributed by atoms with E-state index in [0.29, 0.717) is 37.8 Å². The maximum absolute atomic E-state index is 12.8. The first kappa shape index (κ1) is 15.4. The molecular weight excluding hydrogens is 306 g/mol. The SMILES string of the molecule is COC[C@@]12COC[C@@H]1CN(C(=O)c1ccc(-c3ccn[nH]3)cc1)C2. The van der Waals surface area contributed by atoms with Crippen LogP contribution in [0.15, 0.2) is 36.5 Å². The maximum atomic E-state index is 12.8. The lowest BCUT2D eigenvalue weighted by atomic mass is 9.82. The predicted molar refractivity (Wildman–Crippen MR) is 88.5 cm³/mol. The second-order valence-electron chi connectivity index (χ2n) is 6.74. The van der Waals surface area contributed by atoms with Crippen LogP contribution >= 0.6 is 0 Å².